The van der Waals surface area contributed by atoms with Gasteiger partial charge in [-0.3, -0.25) is 9.59 Å². The van der Waals surface area contributed by atoms with E-state index in [1.165, 1.54) is 6.42 Å². The summed E-state index contributed by atoms with van der Waals surface area (Å²) in [6.45, 7) is 0. The fourth-order valence-electron chi connectivity index (χ4n) is 4.28. The predicted octanol–water partition coefficient (Wildman–Crippen LogP) is 5.36. The van der Waals surface area contributed by atoms with E-state index in [0.29, 0.717) is 28.0 Å². The fraction of sp³-hybridized carbons (Fsp3) is 0.273. The van der Waals surface area contributed by atoms with Crippen LogP contribution in [0.1, 0.15) is 75.8 Å². The van der Waals surface area contributed by atoms with E-state index < -0.39 is 0 Å². The average Bonchev–Trinajstić information content (AvgIpc) is 3.34. The first-order valence-corrected chi connectivity index (χ1v) is 9.14. The van der Waals surface area contributed by atoms with Crippen LogP contribution in [0.25, 0.3) is 11.3 Å². The Morgan fingerprint density at radius 3 is 2.23 bits per heavy atom. The number of carbonyl (C=O) groups is 2. The fourth-order valence-corrected chi connectivity index (χ4v) is 4.28. The van der Waals surface area contributed by atoms with Gasteiger partial charge in [-0.15, -0.1) is 0 Å². The SMILES string of the molecule is O=C1c2ccccc2C(=O)c2c1oc(C1CCCCC1)c2-c1ccco1. The highest BCUT2D eigenvalue weighted by atomic mass is 16.4. The molecular weight excluding hydrogens is 328 g/mol. The molecule has 1 saturated carbocycles. The summed E-state index contributed by atoms with van der Waals surface area (Å²) in [7, 11) is 0. The van der Waals surface area contributed by atoms with Crippen LogP contribution >= 0.6 is 0 Å². The van der Waals surface area contributed by atoms with E-state index in [9.17, 15) is 9.59 Å². The van der Waals surface area contributed by atoms with E-state index in [2.05, 4.69) is 0 Å². The van der Waals surface area contributed by atoms with Crippen LogP contribution in [0.5, 0.6) is 0 Å². The van der Waals surface area contributed by atoms with Crippen LogP contribution in [0.2, 0.25) is 0 Å². The lowest BCUT2D eigenvalue weighted by Crippen LogP contribution is -2.19. The molecule has 1 aromatic carbocycles. The summed E-state index contributed by atoms with van der Waals surface area (Å²) in [5.41, 5.74) is 1.89. The molecule has 3 aromatic rings. The van der Waals surface area contributed by atoms with Gasteiger partial charge in [0.1, 0.15) is 11.5 Å². The van der Waals surface area contributed by atoms with Gasteiger partial charge in [0.05, 0.1) is 17.4 Å². The lowest BCUT2D eigenvalue weighted by molar-refractivity contribution is 0.0958. The number of furan rings is 2. The first-order chi connectivity index (χ1) is 12.8. The van der Waals surface area contributed by atoms with Crippen molar-refractivity contribution in [2.45, 2.75) is 38.0 Å². The van der Waals surface area contributed by atoms with Crippen LogP contribution in [0, 0.1) is 0 Å². The van der Waals surface area contributed by atoms with Gasteiger partial charge in [-0.2, -0.15) is 0 Å². The highest BCUT2D eigenvalue weighted by Crippen LogP contribution is 2.45. The standard InChI is InChI=1S/C22H18O4/c23-19-14-9-4-5-10-15(14)20(24)22-18(19)17(16-11-6-12-25-16)21(26-22)13-7-2-1-3-8-13/h4-6,9-13H,1-3,7-8H2. The zero-order valence-corrected chi connectivity index (χ0v) is 14.3. The molecule has 2 aliphatic rings. The number of benzene rings is 1. The highest BCUT2D eigenvalue weighted by Gasteiger charge is 2.39. The number of rotatable bonds is 2. The Morgan fingerprint density at radius 1 is 0.808 bits per heavy atom. The van der Waals surface area contributed by atoms with Gasteiger partial charge in [-0.05, 0) is 25.0 Å². The van der Waals surface area contributed by atoms with Gasteiger partial charge in [-0.1, -0.05) is 43.5 Å². The third-order valence-corrected chi connectivity index (χ3v) is 5.53. The first-order valence-electron chi connectivity index (χ1n) is 9.14. The largest absolute Gasteiger partial charge is 0.464 e. The van der Waals surface area contributed by atoms with Crippen molar-refractivity contribution in [2.75, 3.05) is 0 Å². The monoisotopic (exact) mass is 346 g/mol. The maximum atomic E-state index is 13.2. The number of hydrogen-bond acceptors (Lipinski definition) is 4. The molecule has 2 aromatic heterocycles. The molecule has 0 atom stereocenters. The first kappa shape index (κ1) is 15.4. The van der Waals surface area contributed by atoms with Gasteiger partial charge in [0.25, 0.3) is 0 Å². The summed E-state index contributed by atoms with van der Waals surface area (Å²) in [6, 6.07) is 10.6. The molecule has 5 rings (SSSR count). The van der Waals surface area contributed by atoms with Gasteiger partial charge < -0.3 is 8.83 Å². The van der Waals surface area contributed by atoms with Crippen molar-refractivity contribution in [1.29, 1.82) is 0 Å². The minimum absolute atomic E-state index is 0.160. The maximum absolute atomic E-state index is 13.2. The molecule has 0 spiro atoms. The Labute approximate surface area is 150 Å². The second-order valence-electron chi connectivity index (χ2n) is 7.06. The van der Waals surface area contributed by atoms with Crippen LogP contribution in [-0.4, -0.2) is 11.6 Å². The van der Waals surface area contributed by atoms with Gasteiger partial charge in [0.15, 0.2) is 11.5 Å². The Balaban J connectivity index is 1.76. The smallest absolute Gasteiger partial charge is 0.229 e. The van der Waals surface area contributed by atoms with Crippen molar-refractivity contribution in [1.82, 2.24) is 0 Å². The molecule has 0 unspecified atom stereocenters. The van der Waals surface area contributed by atoms with Gasteiger partial charge in [0, 0.05) is 17.0 Å². The number of hydrogen-bond donors (Lipinski definition) is 0. The van der Waals surface area contributed by atoms with Crippen molar-refractivity contribution in [3.05, 3.63) is 70.9 Å². The topological polar surface area (TPSA) is 60.4 Å². The summed E-state index contributed by atoms with van der Waals surface area (Å²) < 4.78 is 11.7. The van der Waals surface area contributed by atoms with Crippen molar-refractivity contribution in [2.24, 2.45) is 0 Å². The maximum Gasteiger partial charge on any atom is 0.229 e. The molecule has 0 amide bonds. The van der Waals surface area contributed by atoms with Crippen LogP contribution in [0.3, 0.4) is 0 Å². The van der Waals surface area contributed by atoms with Crippen molar-refractivity contribution in [3.8, 4) is 11.3 Å². The van der Waals surface area contributed by atoms with Gasteiger partial charge >= 0.3 is 0 Å². The summed E-state index contributed by atoms with van der Waals surface area (Å²) in [6.07, 6.45) is 7.09. The summed E-state index contributed by atoms with van der Waals surface area (Å²) in [4.78, 5) is 26.2. The summed E-state index contributed by atoms with van der Waals surface area (Å²) in [5.74, 6) is 1.34. The molecule has 0 N–H and O–H groups in total. The molecule has 0 aliphatic heterocycles. The second kappa shape index (κ2) is 5.84. The highest BCUT2D eigenvalue weighted by molar-refractivity contribution is 6.29. The minimum Gasteiger partial charge on any atom is -0.464 e. The molecule has 0 bridgehead atoms. The number of fused-ring (bicyclic) bond motifs is 2. The molecule has 130 valence electrons. The van der Waals surface area contributed by atoms with Crippen molar-refractivity contribution < 1.29 is 18.4 Å². The van der Waals surface area contributed by atoms with Crippen LogP contribution in [0.15, 0.2) is 51.5 Å². The lowest BCUT2D eigenvalue weighted by Gasteiger charge is -2.20. The molecule has 26 heavy (non-hydrogen) atoms. The molecule has 0 radical (unpaired) electrons. The third-order valence-electron chi connectivity index (χ3n) is 5.53. The molecular formula is C22H18O4. The number of carbonyl (C=O) groups excluding carboxylic acids is 2. The average molecular weight is 346 g/mol. The Hall–Kier alpha value is -2.88. The molecule has 4 heteroatoms. The zero-order chi connectivity index (χ0) is 17.7. The van der Waals surface area contributed by atoms with Crippen molar-refractivity contribution in [3.63, 3.8) is 0 Å². The Kier molecular flexibility index (Phi) is 3.45. The van der Waals surface area contributed by atoms with E-state index in [0.717, 1.165) is 31.4 Å². The lowest BCUT2D eigenvalue weighted by atomic mass is 9.82. The summed E-state index contributed by atoms with van der Waals surface area (Å²) >= 11 is 0. The van der Waals surface area contributed by atoms with E-state index in [-0.39, 0.29) is 23.2 Å². The summed E-state index contributed by atoms with van der Waals surface area (Å²) in [5, 5.41) is 0. The van der Waals surface area contributed by atoms with E-state index in [1.54, 1.807) is 36.6 Å². The quantitative estimate of drug-likeness (QED) is 0.490. The molecule has 1 fully saturated rings. The van der Waals surface area contributed by atoms with Crippen molar-refractivity contribution >= 4 is 11.6 Å². The van der Waals surface area contributed by atoms with E-state index in [4.69, 9.17) is 8.83 Å². The minimum atomic E-state index is -0.218. The van der Waals surface area contributed by atoms with Crippen LogP contribution in [0.4, 0.5) is 0 Å². The van der Waals surface area contributed by atoms with Gasteiger partial charge in [-0.25, -0.2) is 0 Å². The second-order valence-corrected chi connectivity index (χ2v) is 7.06. The third kappa shape index (κ3) is 2.15. The number of ketones is 2. The zero-order valence-electron chi connectivity index (χ0n) is 14.3. The molecule has 2 heterocycles. The Bertz CT molecular complexity index is 1000. The van der Waals surface area contributed by atoms with Crippen LogP contribution in [-0.2, 0) is 0 Å². The molecule has 4 nitrogen and oxygen atoms in total. The van der Waals surface area contributed by atoms with Gasteiger partial charge in [0.2, 0.25) is 5.78 Å². The molecule has 0 saturated heterocycles. The van der Waals surface area contributed by atoms with E-state index >= 15 is 0 Å². The normalized spacial score (nSPS) is 17.2. The Morgan fingerprint density at radius 2 is 1.54 bits per heavy atom. The predicted molar refractivity (Wildman–Crippen MR) is 95.5 cm³/mol. The van der Waals surface area contributed by atoms with Crippen LogP contribution < -0.4 is 0 Å². The molecule has 2 aliphatic carbocycles. The van der Waals surface area contributed by atoms with E-state index in [1.807, 2.05) is 6.07 Å².